The second kappa shape index (κ2) is 7.48. The van der Waals surface area contributed by atoms with Crippen LogP contribution < -0.4 is 5.43 Å². The third-order valence-electron chi connectivity index (χ3n) is 4.88. The second-order valence-corrected chi connectivity index (χ2v) is 6.92. The summed E-state index contributed by atoms with van der Waals surface area (Å²) < 4.78 is 11.2. The maximum absolute atomic E-state index is 12.7. The van der Waals surface area contributed by atoms with Gasteiger partial charge in [0.25, 0.3) is 0 Å². The maximum atomic E-state index is 12.7. The molecule has 1 N–H and O–H groups in total. The molecule has 30 heavy (non-hydrogen) atoms. The lowest BCUT2D eigenvalue weighted by Gasteiger charge is -2.18. The van der Waals surface area contributed by atoms with Crippen LogP contribution in [0.1, 0.15) is 33.2 Å². The number of aromatic carboxylic acids is 1. The van der Waals surface area contributed by atoms with Crippen LogP contribution in [-0.2, 0) is 4.74 Å². The molecule has 0 fully saturated rings. The Kier molecular flexibility index (Phi) is 4.83. The number of carboxylic acids is 1. The monoisotopic (exact) mass is 402 g/mol. The van der Waals surface area contributed by atoms with Crippen LogP contribution in [0.2, 0.25) is 0 Å². The third-order valence-corrected chi connectivity index (χ3v) is 4.88. The first-order chi connectivity index (χ1) is 14.4. The van der Waals surface area contributed by atoms with Gasteiger partial charge in [0.05, 0.1) is 17.7 Å². The first kappa shape index (κ1) is 19.4. The van der Waals surface area contributed by atoms with Crippen molar-refractivity contribution < 1.29 is 23.8 Å². The average molecular weight is 402 g/mol. The van der Waals surface area contributed by atoms with E-state index >= 15 is 0 Å². The van der Waals surface area contributed by atoms with Crippen molar-refractivity contribution >= 4 is 22.9 Å². The number of fused-ring (bicyclic) bond motifs is 2. The van der Waals surface area contributed by atoms with Crippen molar-refractivity contribution in [3.8, 4) is 22.5 Å². The highest BCUT2D eigenvalue weighted by molar-refractivity contribution is 6.08. The molecule has 0 amide bonds. The number of carboxylic acid groups (broad SMARTS) is 1. The Morgan fingerprint density at radius 2 is 1.77 bits per heavy atom. The zero-order valence-corrected chi connectivity index (χ0v) is 16.4. The van der Waals surface area contributed by atoms with E-state index in [4.69, 9.17) is 9.15 Å². The molecule has 1 aliphatic carbocycles. The van der Waals surface area contributed by atoms with Gasteiger partial charge in [0, 0.05) is 22.6 Å². The molecule has 0 spiro atoms. The van der Waals surface area contributed by atoms with Crippen LogP contribution in [0.25, 0.3) is 33.4 Å². The molecule has 4 rings (SSSR count). The molecule has 0 atom stereocenters. The molecule has 6 heteroatoms. The smallest absolute Gasteiger partial charge is 0.338 e. The molecular formula is C24H18O6. The van der Waals surface area contributed by atoms with Gasteiger partial charge in [-0.15, -0.1) is 0 Å². The number of hydrogen-bond acceptors (Lipinski definition) is 5. The van der Waals surface area contributed by atoms with Gasteiger partial charge >= 0.3 is 11.9 Å². The number of aryl methyl sites for hydroxylation is 1. The standard InChI is InChI=1S/C24H18O6/c1-3-29-24(28)19-11-14(23(26)27)5-8-16(19)22-17-7-4-13(2)10-20(17)30-21-12-15(25)6-9-18(21)22/h4-12H,3H2,1-2H3,(H,26,27). The number of carbonyl (C=O) groups is 2. The fraction of sp³-hybridized carbons (Fsp3) is 0.125. The Morgan fingerprint density at radius 3 is 2.50 bits per heavy atom. The maximum Gasteiger partial charge on any atom is 0.338 e. The Morgan fingerprint density at radius 1 is 1.00 bits per heavy atom. The largest absolute Gasteiger partial charge is 0.478 e. The van der Waals surface area contributed by atoms with Crippen LogP contribution in [-0.4, -0.2) is 23.7 Å². The summed E-state index contributed by atoms with van der Waals surface area (Å²) in [6, 6.07) is 14.5. The van der Waals surface area contributed by atoms with Crippen LogP contribution in [0.15, 0.2) is 63.8 Å². The molecule has 0 saturated carbocycles. The predicted octanol–water partition coefficient (Wildman–Crippen LogP) is 4.75. The normalized spacial score (nSPS) is 11.0. The summed E-state index contributed by atoms with van der Waals surface area (Å²) in [6.07, 6.45) is 0. The van der Waals surface area contributed by atoms with Gasteiger partial charge in [0.15, 0.2) is 5.43 Å². The van der Waals surface area contributed by atoms with Gasteiger partial charge in [-0.2, -0.15) is 0 Å². The molecule has 2 aromatic rings. The minimum atomic E-state index is -1.14. The number of rotatable bonds is 4. The first-order valence-electron chi connectivity index (χ1n) is 9.41. The van der Waals surface area contributed by atoms with E-state index in [1.54, 1.807) is 19.1 Å². The van der Waals surface area contributed by atoms with Gasteiger partial charge in [0.2, 0.25) is 0 Å². The van der Waals surface area contributed by atoms with E-state index in [0.717, 1.165) is 10.9 Å². The van der Waals surface area contributed by atoms with Crippen molar-refractivity contribution in [2.24, 2.45) is 0 Å². The predicted molar refractivity (Wildman–Crippen MR) is 112 cm³/mol. The van der Waals surface area contributed by atoms with Gasteiger partial charge in [-0.25, -0.2) is 9.59 Å². The molecule has 0 radical (unpaired) electrons. The van der Waals surface area contributed by atoms with Crippen LogP contribution in [0, 0.1) is 6.92 Å². The number of hydrogen-bond donors (Lipinski definition) is 1. The number of ether oxygens (including phenoxy) is 1. The molecule has 2 aliphatic rings. The molecule has 2 aromatic carbocycles. The van der Waals surface area contributed by atoms with Crippen LogP contribution in [0.5, 0.6) is 0 Å². The van der Waals surface area contributed by atoms with Crippen LogP contribution in [0.4, 0.5) is 0 Å². The Hall–Kier alpha value is -3.93. The van der Waals surface area contributed by atoms with Crippen LogP contribution in [0.3, 0.4) is 0 Å². The summed E-state index contributed by atoms with van der Waals surface area (Å²) in [5, 5.41) is 10.1. The molecule has 1 heterocycles. The molecule has 0 unspecified atom stereocenters. The summed E-state index contributed by atoms with van der Waals surface area (Å²) in [7, 11) is 0. The van der Waals surface area contributed by atoms with Crippen molar-refractivity contribution in [3.63, 3.8) is 0 Å². The van der Waals surface area contributed by atoms with E-state index in [0.29, 0.717) is 28.0 Å². The highest BCUT2D eigenvalue weighted by atomic mass is 16.5. The first-order valence-corrected chi connectivity index (χ1v) is 9.41. The Bertz CT molecular complexity index is 1330. The second-order valence-electron chi connectivity index (χ2n) is 6.92. The van der Waals surface area contributed by atoms with E-state index < -0.39 is 11.9 Å². The van der Waals surface area contributed by atoms with Gasteiger partial charge in [-0.05, 0) is 55.3 Å². The summed E-state index contributed by atoms with van der Waals surface area (Å²) in [5.41, 5.74) is 3.27. The van der Waals surface area contributed by atoms with Crippen molar-refractivity contribution in [1.82, 2.24) is 0 Å². The Labute approximate surface area is 171 Å². The molecule has 6 nitrogen and oxygen atoms in total. The van der Waals surface area contributed by atoms with Gasteiger partial charge < -0.3 is 14.3 Å². The molecule has 0 bridgehead atoms. The minimum absolute atomic E-state index is 0.0197. The van der Waals surface area contributed by atoms with E-state index in [-0.39, 0.29) is 23.2 Å². The van der Waals surface area contributed by atoms with Gasteiger partial charge in [-0.3, -0.25) is 4.79 Å². The fourth-order valence-electron chi connectivity index (χ4n) is 3.54. The lowest BCUT2D eigenvalue weighted by molar-refractivity contribution is 0.0527. The van der Waals surface area contributed by atoms with E-state index in [1.807, 2.05) is 25.1 Å². The number of benzene rings is 3. The van der Waals surface area contributed by atoms with E-state index in [9.17, 15) is 19.5 Å². The minimum Gasteiger partial charge on any atom is -0.478 e. The summed E-state index contributed by atoms with van der Waals surface area (Å²) in [4.78, 5) is 36.1. The molecular weight excluding hydrogens is 384 g/mol. The summed E-state index contributed by atoms with van der Waals surface area (Å²) >= 11 is 0. The fourth-order valence-corrected chi connectivity index (χ4v) is 3.54. The van der Waals surface area contributed by atoms with Crippen molar-refractivity contribution in [1.29, 1.82) is 0 Å². The number of carbonyl (C=O) groups excluding carboxylic acids is 1. The highest BCUT2D eigenvalue weighted by Gasteiger charge is 2.23. The lowest BCUT2D eigenvalue weighted by Crippen LogP contribution is -2.09. The molecule has 0 aromatic heterocycles. The highest BCUT2D eigenvalue weighted by Crippen LogP contribution is 2.41. The van der Waals surface area contributed by atoms with Gasteiger partial charge in [0.1, 0.15) is 11.3 Å². The lowest BCUT2D eigenvalue weighted by atomic mass is 9.89. The molecule has 1 aliphatic heterocycles. The summed E-state index contributed by atoms with van der Waals surface area (Å²) in [6.45, 7) is 3.76. The average Bonchev–Trinajstić information content (AvgIpc) is 2.71. The van der Waals surface area contributed by atoms with Crippen molar-refractivity contribution in [2.75, 3.05) is 6.61 Å². The van der Waals surface area contributed by atoms with Crippen molar-refractivity contribution in [3.05, 3.63) is 81.5 Å². The molecule has 150 valence electrons. The summed E-state index contributed by atoms with van der Waals surface area (Å²) in [5.74, 6) is -1.38. The quantitative estimate of drug-likeness (QED) is 0.391. The molecule has 0 saturated heterocycles. The topological polar surface area (TPSA) is 93.8 Å². The van der Waals surface area contributed by atoms with Crippen molar-refractivity contribution in [2.45, 2.75) is 13.8 Å². The van der Waals surface area contributed by atoms with Crippen LogP contribution >= 0.6 is 0 Å². The van der Waals surface area contributed by atoms with Gasteiger partial charge in [-0.1, -0.05) is 18.2 Å². The third kappa shape index (κ3) is 3.33. The zero-order chi connectivity index (χ0) is 21.4. The van der Waals surface area contributed by atoms with E-state index in [1.165, 1.54) is 24.3 Å². The van der Waals surface area contributed by atoms with E-state index in [2.05, 4.69) is 0 Å². The number of esters is 1. The zero-order valence-electron chi connectivity index (χ0n) is 16.4. The Balaban J connectivity index is 2.13. The SMILES string of the molecule is CCOC(=O)c1cc(C(=O)O)ccc1-c1c2ccc(=O)cc-2oc2cc(C)ccc12.